The second-order valence-electron chi connectivity index (χ2n) is 5.42. The second-order valence-corrected chi connectivity index (χ2v) is 6.76. The van der Waals surface area contributed by atoms with Gasteiger partial charge >= 0.3 is 0 Å². The van der Waals surface area contributed by atoms with Gasteiger partial charge in [-0.25, -0.2) is 0 Å². The Hall–Kier alpha value is -1.32. The Kier molecular flexibility index (Phi) is 5.62. The van der Waals surface area contributed by atoms with E-state index >= 15 is 0 Å². The third kappa shape index (κ3) is 4.66. The van der Waals surface area contributed by atoms with Crippen molar-refractivity contribution < 1.29 is 4.74 Å². The zero-order valence-corrected chi connectivity index (χ0v) is 13.3. The van der Waals surface area contributed by atoms with Crippen molar-refractivity contribution in [3.05, 3.63) is 51.7 Å². The molecule has 2 aromatic rings. The van der Waals surface area contributed by atoms with Crippen LogP contribution in [0.15, 0.2) is 36.4 Å². The lowest BCUT2D eigenvalue weighted by atomic mass is 10.2. The van der Waals surface area contributed by atoms with Gasteiger partial charge < -0.3 is 10.1 Å². The molecule has 0 aliphatic rings. The second kappa shape index (κ2) is 7.46. The SMILES string of the molecule is Cc1sc(CNCC(C)C)cc1COc1ccccc1. The lowest BCUT2D eigenvalue weighted by Crippen LogP contribution is -2.18. The van der Waals surface area contributed by atoms with E-state index < -0.39 is 0 Å². The molecule has 0 bridgehead atoms. The van der Waals surface area contributed by atoms with Gasteiger partial charge in [-0.05, 0) is 37.6 Å². The third-order valence-electron chi connectivity index (χ3n) is 3.06. The third-order valence-corrected chi connectivity index (χ3v) is 4.15. The van der Waals surface area contributed by atoms with Crippen molar-refractivity contribution in [1.82, 2.24) is 5.32 Å². The van der Waals surface area contributed by atoms with E-state index in [0.717, 1.165) is 18.8 Å². The first-order chi connectivity index (χ1) is 9.65. The van der Waals surface area contributed by atoms with Gasteiger partial charge in [-0.2, -0.15) is 0 Å². The van der Waals surface area contributed by atoms with Crippen molar-refractivity contribution in [3.8, 4) is 5.75 Å². The summed E-state index contributed by atoms with van der Waals surface area (Å²) in [6, 6.07) is 12.2. The van der Waals surface area contributed by atoms with Crippen molar-refractivity contribution in [2.45, 2.75) is 33.9 Å². The standard InChI is InChI=1S/C17H23NOS/c1-13(2)10-18-11-17-9-15(14(3)20-17)12-19-16-7-5-4-6-8-16/h4-9,13,18H,10-12H2,1-3H3. The number of ether oxygens (including phenoxy) is 1. The van der Waals surface area contributed by atoms with Crippen molar-refractivity contribution >= 4 is 11.3 Å². The van der Waals surface area contributed by atoms with Gasteiger partial charge in [0.15, 0.2) is 0 Å². The molecule has 1 heterocycles. The molecule has 1 aromatic heterocycles. The Balaban J connectivity index is 1.87. The zero-order valence-electron chi connectivity index (χ0n) is 12.5. The summed E-state index contributed by atoms with van der Waals surface area (Å²) in [5.74, 6) is 1.62. The smallest absolute Gasteiger partial charge is 0.119 e. The number of hydrogen-bond donors (Lipinski definition) is 1. The minimum Gasteiger partial charge on any atom is -0.489 e. The average Bonchev–Trinajstić information content (AvgIpc) is 2.78. The molecule has 3 heteroatoms. The molecule has 108 valence electrons. The molecule has 0 saturated carbocycles. The van der Waals surface area contributed by atoms with E-state index in [1.54, 1.807) is 0 Å². The van der Waals surface area contributed by atoms with E-state index in [2.05, 4.69) is 32.2 Å². The van der Waals surface area contributed by atoms with Crippen LogP contribution in [0.2, 0.25) is 0 Å². The van der Waals surface area contributed by atoms with Gasteiger partial charge in [0.05, 0.1) is 0 Å². The lowest BCUT2D eigenvalue weighted by molar-refractivity contribution is 0.306. The van der Waals surface area contributed by atoms with Gasteiger partial charge in [-0.3, -0.25) is 0 Å². The van der Waals surface area contributed by atoms with Gasteiger partial charge in [0.25, 0.3) is 0 Å². The first kappa shape index (κ1) is 15.1. The molecule has 2 nitrogen and oxygen atoms in total. The Morgan fingerprint density at radius 2 is 1.95 bits per heavy atom. The minimum absolute atomic E-state index is 0.649. The van der Waals surface area contributed by atoms with Crippen molar-refractivity contribution in [2.75, 3.05) is 6.54 Å². The maximum atomic E-state index is 5.82. The Morgan fingerprint density at radius 3 is 2.65 bits per heavy atom. The summed E-state index contributed by atoms with van der Waals surface area (Å²) < 4.78 is 5.82. The first-order valence-corrected chi connectivity index (χ1v) is 7.93. The Labute approximate surface area is 125 Å². The molecular weight excluding hydrogens is 266 g/mol. The van der Waals surface area contributed by atoms with Gasteiger partial charge in [-0.15, -0.1) is 11.3 Å². The lowest BCUT2D eigenvalue weighted by Gasteiger charge is -2.05. The molecule has 0 fully saturated rings. The minimum atomic E-state index is 0.649. The highest BCUT2D eigenvalue weighted by atomic mass is 32.1. The fourth-order valence-corrected chi connectivity index (χ4v) is 3.00. The summed E-state index contributed by atoms with van der Waals surface area (Å²) in [6.45, 7) is 9.29. The number of rotatable bonds is 7. The van der Waals surface area contributed by atoms with Gasteiger partial charge in [0.1, 0.15) is 12.4 Å². The highest BCUT2D eigenvalue weighted by Crippen LogP contribution is 2.23. The normalized spacial score (nSPS) is 11.0. The predicted octanol–water partition coefficient (Wildman–Crippen LogP) is 4.38. The zero-order chi connectivity index (χ0) is 14.4. The van der Waals surface area contributed by atoms with Crippen LogP contribution in [0.4, 0.5) is 0 Å². The number of benzene rings is 1. The molecule has 0 aliphatic heterocycles. The Morgan fingerprint density at radius 1 is 1.20 bits per heavy atom. The molecule has 0 amide bonds. The fraction of sp³-hybridized carbons (Fsp3) is 0.412. The van der Waals surface area contributed by atoms with E-state index in [4.69, 9.17) is 4.74 Å². The predicted molar refractivity (Wildman–Crippen MR) is 86.4 cm³/mol. The summed E-state index contributed by atoms with van der Waals surface area (Å²) in [4.78, 5) is 2.73. The van der Waals surface area contributed by atoms with Gasteiger partial charge in [-0.1, -0.05) is 32.0 Å². The fourth-order valence-electron chi connectivity index (χ4n) is 1.98. The highest BCUT2D eigenvalue weighted by molar-refractivity contribution is 7.12. The molecule has 20 heavy (non-hydrogen) atoms. The topological polar surface area (TPSA) is 21.3 Å². The van der Waals surface area contributed by atoms with Crippen LogP contribution < -0.4 is 10.1 Å². The molecule has 0 unspecified atom stereocenters. The molecule has 1 N–H and O–H groups in total. The van der Waals surface area contributed by atoms with Crippen LogP contribution >= 0.6 is 11.3 Å². The molecule has 0 saturated heterocycles. The van der Waals surface area contributed by atoms with Crippen LogP contribution in [0.1, 0.15) is 29.2 Å². The largest absolute Gasteiger partial charge is 0.489 e. The van der Waals surface area contributed by atoms with E-state index in [-0.39, 0.29) is 0 Å². The molecule has 0 aliphatic carbocycles. The van der Waals surface area contributed by atoms with E-state index in [1.165, 1.54) is 15.3 Å². The van der Waals surface area contributed by atoms with Crippen LogP contribution in [0, 0.1) is 12.8 Å². The summed E-state index contributed by atoms with van der Waals surface area (Å²) in [6.07, 6.45) is 0. The molecule has 1 aromatic carbocycles. The average molecular weight is 289 g/mol. The van der Waals surface area contributed by atoms with Crippen molar-refractivity contribution in [1.29, 1.82) is 0 Å². The summed E-state index contributed by atoms with van der Waals surface area (Å²) in [5.41, 5.74) is 1.29. The van der Waals surface area contributed by atoms with Gasteiger partial charge in [0.2, 0.25) is 0 Å². The molecule has 2 rings (SSSR count). The summed E-state index contributed by atoms with van der Waals surface area (Å²) in [7, 11) is 0. The van der Waals surface area contributed by atoms with Gasteiger partial charge in [0, 0.05) is 21.9 Å². The number of thiophene rings is 1. The number of para-hydroxylation sites is 1. The molecule has 0 atom stereocenters. The summed E-state index contributed by atoms with van der Waals surface area (Å²) in [5, 5.41) is 3.49. The molecular formula is C17H23NOS. The molecule has 0 radical (unpaired) electrons. The Bertz CT molecular complexity index is 519. The number of hydrogen-bond acceptors (Lipinski definition) is 3. The quantitative estimate of drug-likeness (QED) is 0.816. The van der Waals surface area contributed by atoms with E-state index in [9.17, 15) is 0 Å². The van der Waals surface area contributed by atoms with E-state index in [1.807, 2.05) is 41.7 Å². The van der Waals surface area contributed by atoms with Crippen LogP contribution in [-0.4, -0.2) is 6.54 Å². The number of nitrogens with one attached hydrogen (secondary N) is 1. The first-order valence-electron chi connectivity index (χ1n) is 7.12. The van der Waals surface area contributed by atoms with Crippen molar-refractivity contribution in [3.63, 3.8) is 0 Å². The molecule has 0 spiro atoms. The van der Waals surface area contributed by atoms with Crippen LogP contribution in [-0.2, 0) is 13.2 Å². The number of aryl methyl sites for hydroxylation is 1. The van der Waals surface area contributed by atoms with Crippen molar-refractivity contribution in [2.24, 2.45) is 5.92 Å². The summed E-state index contributed by atoms with van der Waals surface area (Å²) >= 11 is 1.86. The maximum absolute atomic E-state index is 5.82. The highest BCUT2D eigenvalue weighted by Gasteiger charge is 2.06. The monoisotopic (exact) mass is 289 g/mol. The van der Waals surface area contributed by atoms with E-state index in [0.29, 0.717) is 12.5 Å². The maximum Gasteiger partial charge on any atom is 0.119 e. The van der Waals surface area contributed by atoms with Crippen LogP contribution in [0.25, 0.3) is 0 Å². The van der Waals surface area contributed by atoms with Crippen LogP contribution in [0.5, 0.6) is 5.75 Å². The van der Waals surface area contributed by atoms with Crippen LogP contribution in [0.3, 0.4) is 0 Å².